The van der Waals surface area contributed by atoms with Crippen LogP contribution in [0.2, 0.25) is 0 Å². The third-order valence-corrected chi connectivity index (χ3v) is 5.30. The summed E-state index contributed by atoms with van der Waals surface area (Å²) in [4.78, 5) is 2.30. The molecule has 1 heterocycles. The van der Waals surface area contributed by atoms with Gasteiger partial charge < -0.3 is 10.0 Å². The number of hydrogen-bond acceptors (Lipinski definition) is 4. The summed E-state index contributed by atoms with van der Waals surface area (Å²) in [5.41, 5.74) is 0. The number of likely N-dealkylation sites (tertiary alicyclic amines) is 1. The van der Waals surface area contributed by atoms with Crippen LogP contribution in [0.5, 0.6) is 0 Å². The van der Waals surface area contributed by atoms with Crippen LogP contribution in [0.25, 0.3) is 0 Å². The monoisotopic (exact) mass is 264 g/mol. The van der Waals surface area contributed by atoms with Crippen molar-refractivity contribution in [2.45, 2.75) is 31.4 Å². The molecule has 0 aromatic carbocycles. The van der Waals surface area contributed by atoms with Crippen molar-refractivity contribution in [1.82, 2.24) is 9.62 Å². The van der Waals surface area contributed by atoms with Gasteiger partial charge in [-0.15, -0.1) is 0 Å². The van der Waals surface area contributed by atoms with E-state index in [1.807, 2.05) is 0 Å². The van der Waals surface area contributed by atoms with Crippen LogP contribution in [0.4, 0.5) is 0 Å². The Morgan fingerprint density at radius 3 is 2.53 bits per heavy atom. The fraction of sp³-hybridized carbons (Fsp3) is 1.00. The first kappa shape index (κ1) is 14.9. The van der Waals surface area contributed by atoms with Gasteiger partial charge in [-0.25, -0.2) is 13.1 Å². The topological polar surface area (TPSA) is 69.6 Å². The van der Waals surface area contributed by atoms with Gasteiger partial charge >= 0.3 is 0 Å². The molecule has 0 bridgehead atoms. The lowest BCUT2D eigenvalue weighted by Crippen LogP contribution is -2.37. The molecule has 102 valence electrons. The van der Waals surface area contributed by atoms with E-state index < -0.39 is 15.3 Å². The zero-order valence-corrected chi connectivity index (χ0v) is 11.5. The van der Waals surface area contributed by atoms with E-state index in [4.69, 9.17) is 5.11 Å². The van der Waals surface area contributed by atoms with Crippen LogP contribution in [0.15, 0.2) is 0 Å². The summed E-state index contributed by atoms with van der Waals surface area (Å²) in [5.74, 6) is 0.623. The SMILES string of the molecule is CC(CO)S(=O)(=O)NCCC1CCN(C)CC1. The van der Waals surface area contributed by atoms with E-state index in [1.165, 1.54) is 6.92 Å². The van der Waals surface area contributed by atoms with E-state index in [-0.39, 0.29) is 6.61 Å². The molecule has 5 nitrogen and oxygen atoms in total. The first-order valence-electron chi connectivity index (χ1n) is 6.23. The summed E-state index contributed by atoms with van der Waals surface area (Å²) < 4.78 is 25.7. The first-order valence-corrected chi connectivity index (χ1v) is 7.78. The van der Waals surface area contributed by atoms with Gasteiger partial charge in [-0.2, -0.15) is 0 Å². The van der Waals surface area contributed by atoms with Crippen molar-refractivity contribution in [3.63, 3.8) is 0 Å². The molecule has 0 saturated carbocycles. The molecule has 2 N–H and O–H groups in total. The number of rotatable bonds is 6. The lowest BCUT2D eigenvalue weighted by Gasteiger charge is -2.28. The minimum absolute atomic E-state index is 0.330. The Labute approximate surface area is 104 Å². The molecule has 1 atom stereocenters. The van der Waals surface area contributed by atoms with Crippen LogP contribution >= 0.6 is 0 Å². The molecule has 0 amide bonds. The molecule has 0 radical (unpaired) electrons. The number of sulfonamides is 1. The summed E-state index contributed by atoms with van der Waals surface area (Å²) in [6.07, 6.45) is 3.19. The van der Waals surface area contributed by atoms with Crippen molar-refractivity contribution in [1.29, 1.82) is 0 Å². The molecule has 6 heteroatoms. The van der Waals surface area contributed by atoms with Crippen molar-refractivity contribution < 1.29 is 13.5 Å². The summed E-state index contributed by atoms with van der Waals surface area (Å²) in [7, 11) is -1.22. The van der Waals surface area contributed by atoms with Gasteiger partial charge in [0.2, 0.25) is 10.0 Å². The largest absolute Gasteiger partial charge is 0.395 e. The molecular weight excluding hydrogens is 240 g/mol. The average Bonchev–Trinajstić information content (AvgIpc) is 2.30. The standard InChI is InChI=1S/C11H24N2O3S/c1-10(9-14)17(15,16)12-6-3-11-4-7-13(2)8-5-11/h10-12,14H,3-9H2,1-2H3. The highest BCUT2D eigenvalue weighted by molar-refractivity contribution is 7.90. The fourth-order valence-corrected chi connectivity index (χ4v) is 2.88. The van der Waals surface area contributed by atoms with Gasteiger partial charge in [0.05, 0.1) is 11.9 Å². The van der Waals surface area contributed by atoms with Crippen LogP contribution in [-0.2, 0) is 10.0 Å². The summed E-state index contributed by atoms with van der Waals surface area (Å²) >= 11 is 0. The van der Waals surface area contributed by atoms with Gasteiger partial charge in [-0.1, -0.05) is 0 Å². The Hall–Kier alpha value is -0.170. The van der Waals surface area contributed by atoms with Crippen LogP contribution in [0.1, 0.15) is 26.2 Å². The maximum Gasteiger partial charge on any atom is 0.216 e. The minimum Gasteiger partial charge on any atom is -0.395 e. The predicted molar refractivity (Wildman–Crippen MR) is 68.3 cm³/mol. The van der Waals surface area contributed by atoms with E-state index in [0.717, 1.165) is 32.4 Å². The highest BCUT2D eigenvalue weighted by Gasteiger charge is 2.21. The van der Waals surface area contributed by atoms with Crippen LogP contribution in [0.3, 0.4) is 0 Å². The second kappa shape index (κ2) is 6.68. The Balaban J connectivity index is 2.24. The molecule has 1 aliphatic rings. The number of aliphatic hydroxyl groups is 1. The maximum absolute atomic E-state index is 11.6. The molecular formula is C11H24N2O3S. The van der Waals surface area contributed by atoms with Gasteiger partial charge in [0.1, 0.15) is 0 Å². The highest BCUT2D eigenvalue weighted by Crippen LogP contribution is 2.18. The van der Waals surface area contributed by atoms with Crippen molar-refractivity contribution in [3.05, 3.63) is 0 Å². The summed E-state index contributed by atoms with van der Waals surface area (Å²) in [6.45, 7) is 3.87. The normalized spacial score (nSPS) is 21.6. The molecule has 1 unspecified atom stereocenters. The molecule has 1 fully saturated rings. The molecule has 0 aliphatic carbocycles. The van der Waals surface area contributed by atoms with Crippen LogP contribution in [0, 0.1) is 5.92 Å². The van der Waals surface area contributed by atoms with Crippen molar-refractivity contribution in [3.8, 4) is 0 Å². The number of nitrogens with one attached hydrogen (secondary N) is 1. The predicted octanol–water partition coefficient (Wildman–Crippen LogP) is 0.0185. The molecule has 17 heavy (non-hydrogen) atoms. The minimum atomic E-state index is -3.33. The molecule has 0 aromatic heterocycles. The van der Waals surface area contributed by atoms with E-state index in [2.05, 4.69) is 16.7 Å². The second-order valence-corrected chi connectivity index (χ2v) is 7.15. The molecule has 0 aromatic rings. The quantitative estimate of drug-likeness (QED) is 0.709. The van der Waals surface area contributed by atoms with E-state index in [0.29, 0.717) is 12.5 Å². The number of aliphatic hydroxyl groups excluding tert-OH is 1. The molecule has 0 spiro atoms. The van der Waals surface area contributed by atoms with E-state index in [9.17, 15) is 8.42 Å². The van der Waals surface area contributed by atoms with Gasteiger partial charge in [0.25, 0.3) is 0 Å². The Morgan fingerprint density at radius 1 is 1.41 bits per heavy atom. The smallest absolute Gasteiger partial charge is 0.216 e. The van der Waals surface area contributed by atoms with Crippen LogP contribution in [-0.4, -0.2) is 57.0 Å². The van der Waals surface area contributed by atoms with Gasteiger partial charge in [0.15, 0.2) is 0 Å². The molecule has 1 saturated heterocycles. The number of hydrogen-bond donors (Lipinski definition) is 2. The first-order chi connectivity index (χ1) is 7.95. The van der Waals surface area contributed by atoms with E-state index in [1.54, 1.807) is 0 Å². The van der Waals surface area contributed by atoms with E-state index >= 15 is 0 Å². The highest BCUT2D eigenvalue weighted by atomic mass is 32.2. The van der Waals surface area contributed by atoms with Crippen molar-refractivity contribution >= 4 is 10.0 Å². The molecule has 1 rings (SSSR count). The van der Waals surface area contributed by atoms with Gasteiger partial charge in [-0.05, 0) is 52.2 Å². The molecule has 1 aliphatic heterocycles. The zero-order chi connectivity index (χ0) is 12.9. The lowest BCUT2D eigenvalue weighted by molar-refractivity contribution is 0.213. The van der Waals surface area contributed by atoms with Gasteiger partial charge in [0, 0.05) is 6.54 Å². The Bertz CT molecular complexity index is 311. The Morgan fingerprint density at radius 2 is 2.00 bits per heavy atom. The Kier molecular flexibility index (Phi) is 5.85. The maximum atomic E-state index is 11.6. The van der Waals surface area contributed by atoms with Crippen molar-refractivity contribution in [2.75, 3.05) is 33.3 Å². The fourth-order valence-electron chi connectivity index (χ4n) is 2.00. The second-order valence-electron chi connectivity index (χ2n) is 4.97. The summed E-state index contributed by atoms with van der Waals surface area (Å²) in [6, 6.07) is 0. The third kappa shape index (κ3) is 4.91. The number of piperidine rings is 1. The van der Waals surface area contributed by atoms with Crippen molar-refractivity contribution in [2.24, 2.45) is 5.92 Å². The zero-order valence-electron chi connectivity index (χ0n) is 10.7. The average molecular weight is 264 g/mol. The number of nitrogens with zero attached hydrogens (tertiary/aromatic N) is 1. The van der Waals surface area contributed by atoms with Gasteiger partial charge in [-0.3, -0.25) is 0 Å². The summed E-state index contributed by atoms with van der Waals surface area (Å²) in [5, 5.41) is 8.10. The lowest BCUT2D eigenvalue weighted by atomic mass is 9.94. The van der Waals surface area contributed by atoms with Crippen LogP contribution < -0.4 is 4.72 Å². The third-order valence-electron chi connectivity index (χ3n) is 3.48.